The molecule has 0 fully saturated rings. The van der Waals surface area contributed by atoms with E-state index >= 15 is 0 Å². The molecular weight excluding hydrogens is 236 g/mol. The first kappa shape index (κ1) is 10.6. The van der Waals surface area contributed by atoms with Gasteiger partial charge in [0.15, 0.2) is 17.0 Å². The first-order chi connectivity index (χ1) is 7.59. The number of hydrogen-bond acceptors (Lipinski definition) is 5. The molecule has 2 aromatic rings. The highest BCUT2D eigenvalue weighted by molar-refractivity contribution is 6.28. The standard InChI is InChI=1S/C8H7ClN4O3/c1-4(8(14)15)13-7(10-11-12-13)5-2-3-6(9)16-5/h2-4H,1H3,(H,14,15). The van der Waals surface area contributed by atoms with Crippen LogP contribution in [0.5, 0.6) is 0 Å². The van der Waals surface area contributed by atoms with E-state index in [4.69, 9.17) is 21.1 Å². The van der Waals surface area contributed by atoms with Crippen molar-refractivity contribution in [1.82, 2.24) is 20.2 Å². The van der Waals surface area contributed by atoms with Crippen molar-refractivity contribution in [3.63, 3.8) is 0 Å². The van der Waals surface area contributed by atoms with Crippen LogP contribution < -0.4 is 0 Å². The highest BCUT2D eigenvalue weighted by atomic mass is 35.5. The van der Waals surface area contributed by atoms with Crippen molar-refractivity contribution in [2.24, 2.45) is 0 Å². The van der Waals surface area contributed by atoms with Gasteiger partial charge < -0.3 is 9.52 Å². The molecule has 0 bridgehead atoms. The van der Waals surface area contributed by atoms with Crippen LogP contribution in [0.25, 0.3) is 11.6 Å². The fourth-order valence-corrected chi connectivity index (χ4v) is 1.30. The van der Waals surface area contributed by atoms with Gasteiger partial charge in [-0.15, -0.1) is 5.10 Å². The second-order valence-electron chi connectivity index (χ2n) is 3.07. The minimum absolute atomic E-state index is 0.188. The molecule has 1 atom stereocenters. The fraction of sp³-hybridized carbons (Fsp3) is 0.250. The molecule has 0 aliphatic heterocycles. The van der Waals surface area contributed by atoms with Crippen molar-refractivity contribution in [3.05, 3.63) is 17.4 Å². The number of rotatable bonds is 3. The average molecular weight is 243 g/mol. The van der Waals surface area contributed by atoms with Gasteiger partial charge >= 0.3 is 5.97 Å². The van der Waals surface area contributed by atoms with Crippen LogP contribution in [0.1, 0.15) is 13.0 Å². The smallest absolute Gasteiger partial charge is 0.328 e. The van der Waals surface area contributed by atoms with Gasteiger partial charge in [0.2, 0.25) is 5.82 Å². The number of aliphatic carboxylic acids is 1. The first-order valence-electron chi connectivity index (χ1n) is 4.36. The van der Waals surface area contributed by atoms with Gasteiger partial charge in [-0.2, -0.15) is 0 Å². The molecule has 0 aromatic carbocycles. The lowest BCUT2D eigenvalue weighted by Crippen LogP contribution is -2.17. The van der Waals surface area contributed by atoms with Crippen LogP contribution in [-0.2, 0) is 4.79 Å². The maximum absolute atomic E-state index is 10.8. The molecule has 0 amide bonds. The first-order valence-corrected chi connectivity index (χ1v) is 4.74. The zero-order valence-electron chi connectivity index (χ0n) is 8.16. The zero-order valence-corrected chi connectivity index (χ0v) is 8.92. The van der Waals surface area contributed by atoms with Crippen molar-refractivity contribution in [1.29, 1.82) is 0 Å². The minimum Gasteiger partial charge on any atom is -0.480 e. The van der Waals surface area contributed by atoms with Crippen molar-refractivity contribution >= 4 is 17.6 Å². The fourth-order valence-electron chi connectivity index (χ4n) is 1.16. The van der Waals surface area contributed by atoms with Crippen LogP contribution in [0.15, 0.2) is 16.5 Å². The summed E-state index contributed by atoms with van der Waals surface area (Å²) in [4.78, 5) is 10.8. The number of carbonyl (C=O) groups is 1. The Bertz CT molecular complexity index is 521. The number of aromatic nitrogens is 4. The summed E-state index contributed by atoms with van der Waals surface area (Å²) in [5, 5.41) is 19.7. The number of hydrogen-bond donors (Lipinski definition) is 1. The Morgan fingerprint density at radius 3 is 2.94 bits per heavy atom. The molecule has 0 aliphatic rings. The third-order valence-corrected chi connectivity index (χ3v) is 2.21. The number of furan rings is 1. The Morgan fingerprint density at radius 2 is 2.38 bits per heavy atom. The van der Waals surface area contributed by atoms with Gasteiger partial charge in [0, 0.05) is 0 Å². The summed E-state index contributed by atoms with van der Waals surface area (Å²) in [6.07, 6.45) is 0. The lowest BCUT2D eigenvalue weighted by atomic mass is 10.3. The van der Waals surface area contributed by atoms with Crippen LogP contribution in [0, 0.1) is 0 Å². The Labute approximate surface area is 94.6 Å². The molecule has 7 nitrogen and oxygen atoms in total. The molecule has 0 saturated heterocycles. The van der Waals surface area contributed by atoms with Gasteiger partial charge in [0.05, 0.1) is 0 Å². The Kier molecular flexibility index (Phi) is 2.61. The van der Waals surface area contributed by atoms with E-state index in [1.807, 2.05) is 0 Å². The minimum atomic E-state index is -1.04. The van der Waals surface area contributed by atoms with Crippen molar-refractivity contribution in [2.45, 2.75) is 13.0 Å². The Hall–Kier alpha value is -1.89. The summed E-state index contributed by atoms with van der Waals surface area (Å²) < 4.78 is 6.26. The maximum Gasteiger partial charge on any atom is 0.328 e. The van der Waals surface area contributed by atoms with Crippen LogP contribution in [0.2, 0.25) is 5.22 Å². The molecule has 0 aliphatic carbocycles. The van der Waals surface area contributed by atoms with E-state index in [0.29, 0.717) is 5.76 Å². The molecule has 8 heteroatoms. The SMILES string of the molecule is CC(C(=O)O)n1nnnc1-c1ccc(Cl)o1. The van der Waals surface area contributed by atoms with Gasteiger partial charge in [0.1, 0.15) is 0 Å². The topological polar surface area (TPSA) is 94.0 Å². The second-order valence-corrected chi connectivity index (χ2v) is 3.44. The number of halogens is 1. The molecule has 2 aromatic heterocycles. The molecule has 2 heterocycles. The lowest BCUT2D eigenvalue weighted by molar-refractivity contribution is -0.140. The number of carboxylic acid groups (broad SMARTS) is 1. The largest absolute Gasteiger partial charge is 0.480 e. The van der Waals surface area contributed by atoms with E-state index < -0.39 is 12.0 Å². The average Bonchev–Trinajstić information content (AvgIpc) is 2.83. The molecule has 1 unspecified atom stereocenters. The predicted octanol–water partition coefficient (Wildman–Crippen LogP) is 1.23. The summed E-state index contributed by atoms with van der Waals surface area (Å²) in [6.45, 7) is 1.47. The van der Waals surface area contributed by atoms with Crippen molar-refractivity contribution < 1.29 is 14.3 Å². The summed E-state index contributed by atoms with van der Waals surface area (Å²) in [7, 11) is 0. The van der Waals surface area contributed by atoms with E-state index in [2.05, 4.69) is 15.5 Å². The number of tetrazole rings is 1. The third-order valence-electron chi connectivity index (χ3n) is 2.01. The van der Waals surface area contributed by atoms with E-state index in [1.54, 1.807) is 6.07 Å². The summed E-state index contributed by atoms with van der Waals surface area (Å²) in [6, 6.07) is 2.22. The monoisotopic (exact) mass is 242 g/mol. The summed E-state index contributed by atoms with van der Waals surface area (Å²) >= 11 is 5.61. The quantitative estimate of drug-likeness (QED) is 0.870. The van der Waals surface area contributed by atoms with Crippen LogP contribution in [0.4, 0.5) is 0 Å². The van der Waals surface area contributed by atoms with Crippen molar-refractivity contribution in [2.75, 3.05) is 0 Å². The maximum atomic E-state index is 10.8. The second kappa shape index (κ2) is 3.93. The van der Waals surface area contributed by atoms with E-state index in [9.17, 15) is 4.79 Å². The van der Waals surface area contributed by atoms with Gasteiger partial charge in [0.25, 0.3) is 0 Å². The van der Waals surface area contributed by atoms with Gasteiger partial charge in [-0.1, -0.05) is 0 Å². The van der Waals surface area contributed by atoms with Crippen LogP contribution >= 0.6 is 11.6 Å². The highest BCUT2D eigenvalue weighted by Gasteiger charge is 2.21. The zero-order chi connectivity index (χ0) is 11.7. The molecule has 0 spiro atoms. The van der Waals surface area contributed by atoms with Crippen LogP contribution in [0.3, 0.4) is 0 Å². The highest BCUT2D eigenvalue weighted by Crippen LogP contribution is 2.23. The number of carboxylic acids is 1. The lowest BCUT2D eigenvalue weighted by Gasteiger charge is -2.06. The predicted molar refractivity (Wildman–Crippen MR) is 52.9 cm³/mol. The normalized spacial score (nSPS) is 12.6. The van der Waals surface area contributed by atoms with Crippen LogP contribution in [-0.4, -0.2) is 31.3 Å². The molecular formula is C8H7ClN4O3. The number of nitrogens with zero attached hydrogens (tertiary/aromatic N) is 4. The summed E-state index contributed by atoms with van der Waals surface area (Å²) in [5.41, 5.74) is 0. The van der Waals surface area contributed by atoms with E-state index in [1.165, 1.54) is 13.0 Å². The molecule has 84 valence electrons. The molecule has 1 N–H and O–H groups in total. The Morgan fingerprint density at radius 1 is 1.62 bits per heavy atom. The van der Waals surface area contributed by atoms with Gasteiger partial charge in [-0.05, 0) is 41.1 Å². The molecule has 0 radical (unpaired) electrons. The summed E-state index contributed by atoms with van der Waals surface area (Å²) in [5.74, 6) is -0.490. The van der Waals surface area contributed by atoms with E-state index in [0.717, 1.165) is 4.68 Å². The molecule has 16 heavy (non-hydrogen) atoms. The van der Waals surface area contributed by atoms with Gasteiger partial charge in [-0.3, -0.25) is 0 Å². The van der Waals surface area contributed by atoms with E-state index in [-0.39, 0.29) is 11.0 Å². The van der Waals surface area contributed by atoms with Crippen molar-refractivity contribution in [3.8, 4) is 11.6 Å². The molecule has 0 saturated carbocycles. The Balaban J connectivity index is 2.43. The third kappa shape index (κ3) is 1.76. The molecule has 2 rings (SSSR count). The van der Waals surface area contributed by atoms with Gasteiger partial charge in [-0.25, -0.2) is 9.48 Å².